The van der Waals surface area contributed by atoms with E-state index in [1.54, 1.807) is 26.2 Å². The number of carbonyl (C=O) groups excluding carboxylic acids is 1. The Morgan fingerprint density at radius 3 is 2.74 bits per heavy atom. The molecule has 0 aromatic heterocycles. The molecule has 1 amide bonds. The van der Waals surface area contributed by atoms with Gasteiger partial charge in [-0.1, -0.05) is 18.2 Å². The van der Waals surface area contributed by atoms with Gasteiger partial charge in [-0.05, 0) is 55.2 Å². The molecule has 140 valence electrons. The number of hydrogen-bond donors (Lipinski definition) is 0. The molecule has 0 N–H and O–H groups in total. The van der Waals surface area contributed by atoms with E-state index in [1.165, 1.54) is 22.7 Å². The number of fused-ring (bicyclic) bond motifs is 3. The lowest BCUT2D eigenvalue weighted by Gasteiger charge is -2.29. The molecule has 5 nitrogen and oxygen atoms in total. The molecular formula is C21H21FN2O3. The lowest BCUT2D eigenvalue weighted by atomic mass is 9.77. The highest BCUT2D eigenvalue weighted by Crippen LogP contribution is 2.44. The minimum Gasteiger partial charge on any atom is -0.497 e. The molecule has 1 aliphatic carbocycles. The van der Waals surface area contributed by atoms with Gasteiger partial charge in [0.15, 0.2) is 0 Å². The number of amides is 1. The number of methoxy groups -OCH3 is 1. The van der Waals surface area contributed by atoms with Crippen LogP contribution in [0.5, 0.6) is 5.75 Å². The molecule has 1 aliphatic heterocycles. The average molecular weight is 368 g/mol. The minimum atomic E-state index is -0.488. The Bertz CT molecular complexity index is 895. The highest BCUT2D eigenvalue weighted by atomic mass is 19.1. The van der Waals surface area contributed by atoms with Gasteiger partial charge in [-0.3, -0.25) is 0 Å². The smallest absolute Gasteiger partial charge is 0.430 e. The Morgan fingerprint density at radius 2 is 2.04 bits per heavy atom. The van der Waals surface area contributed by atoms with Crippen molar-refractivity contribution in [2.24, 2.45) is 11.0 Å². The Labute approximate surface area is 157 Å². The van der Waals surface area contributed by atoms with E-state index < -0.39 is 6.09 Å². The number of hydrogen-bond acceptors (Lipinski definition) is 4. The van der Waals surface area contributed by atoms with Gasteiger partial charge in [0.05, 0.1) is 25.5 Å². The lowest BCUT2D eigenvalue weighted by Crippen LogP contribution is -2.32. The van der Waals surface area contributed by atoms with Crippen molar-refractivity contribution in [2.75, 3.05) is 13.7 Å². The van der Waals surface area contributed by atoms with Gasteiger partial charge >= 0.3 is 6.09 Å². The van der Waals surface area contributed by atoms with Gasteiger partial charge in [0.1, 0.15) is 11.6 Å². The van der Waals surface area contributed by atoms with Crippen molar-refractivity contribution in [2.45, 2.75) is 25.8 Å². The van der Waals surface area contributed by atoms with Gasteiger partial charge in [-0.2, -0.15) is 10.1 Å². The van der Waals surface area contributed by atoms with Crippen molar-refractivity contribution in [3.8, 4) is 5.75 Å². The molecule has 6 heteroatoms. The molecule has 4 rings (SSSR count). The summed E-state index contributed by atoms with van der Waals surface area (Å²) < 4.78 is 24.0. The summed E-state index contributed by atoms with van der Waals surface area (Å²) in [6.45, 7) is 2.03. The third-order valence-corrected chi connectivity index (χ3v) is 5.20. The maximum absolute atomic E-state index is 13.4. The minimum absolute atomic E-state index is 0.0273. The van der Waals surface area contributed by atoms with Gasteiger partial charge in [0.2, 0.25) is 0 Å². The maximum Gasteiger partial charge on any atom is 0.430 e. The van der Waals surface area contributed by atoms with Crippen LogP contribution in [0.4, 0.5) is 9.18 Å². The quantitative estimate of drug-likeness (QED) is 0.811. The van der Waals surface area contributed by atoms with E-state index >= 15 is 0 Å². The van der Waals surface area contributed by atoms with Crippen LogP contribution in [0, 0.1) is 11.7 Å². The van der Waals surface area contributed by atoms with E-state index in [4.69, 9.17) is 9.47 Å². The third kappa shape index (κ3) is 3.05. The summed E-state index contributed by atoms with van der Waals surface area (Å²) >= 11 is 0. The second-order valence-electron chi connectivity index (χ2n) is 6.69. The number of hydrazone groups is 1. The normalized spacial score (nSPS) is 20.6. The molecule has 2 aliphatic rings. The highest BCUT2D eigenvalue weighted by Gasteiger charge is 2.44. The van der Waals surface area contributed by atoms with Crippen molar-refractivity contribution in [3.63, 3.8) is 0 Å². The summed E-state index contributed by atoms with van der Waals surface area (Å²) in [5, 5.41) is 6.06. The Hall–Kier alpha value is -2.89. The Morgan fingerprint density at radius 1 is 1.26 bits per heavy atom. The van der Waals surface area contributed by atoms with E-state index in [0.717, 1.165) is 35.4 Å². The van der Waals surface area contributed by atoms with Crippen LogP contribution in [0.2, 0.25) is 0 Å². The van der Waals surface area contributed by atoms with Crippen molar-refractivity contribution >= 4 is 11.8 Å². The summed E-state index contributed by atoms with van der Waals surface area (Å²) in [5.74, 6) is 0.476. The zero-order valence-electron chi connectivity index (χ0n) is 15.3. The second-order valence-corrected chi connectivity index (χ2v) is 6.69. The molecule has 0 saturated heterocycles. The first kappa shape index (κ1) is 17.5. The summed E-state index contributed by atoms with van der Waals surface area (Å²) in [6, 6.07) is 11.9. The summed E-state index contributed by atoms with van der Waals surface area (Å²) in [4.78, 5) is 12.6. The van der Waals surface area contributed by atoms with E-state index in [0.29, 0.717) is 0 Å². The first-order chi connectivity index (χ1) is 13.1. The molecular weight excluding hydrogens is 347 g/mol. The van der Waals surface area contributed by atoms with Crippen molar-refractivity contribution < 1.29 is 18.7 Å². The van der Waals surface area contributed by atoms with Crippen molar-refractivity contribution in [1.82, 2.24) is 5.01 Å². The molecule has 2 aromatic carbocycles. The van der Waals surface area contributed by atoms with Crippen molar-refractivity contribution in [1.29, 1.82) is 0 Å². The number of benzene rings is 2. The predicted octanol–water partition coefficient (Wildman–Crippen LogP) is 4.31. The van der Waals surface area contributed by atoms with E-state index in [1.807, 2.05) is 18.2 Å². The molecule has 0 fully saturated rings. The van der Waals surface area contributed by atoms with Crippen LogP contribution in [-0.4, -0.2) is 30.5 Å². The van der Waals surface area contributed by atoms with Gasteiger partial charge in [0.25, 0.3) is 0 Å². The van der Waals surface area contributed by atoms with Gasteiger partial charge < -0.3 is 9.47 Å². The van der Waals surface area contributed by atoms with Crippen LogP contribution in [0.1, 0.15) is 36.1 Å². The highest BCUT2D eigenvalue weighted by molar-refractivity contribution is 6.06. The van der Waals surface area contributed by atoms with Crippen LogP contribution in [0.3, 0.4) is 0 Å². The monoisotopic (exact) mass is 368 g/mol. The number of halogens is 1. The lowest BCUT2D eigenvalue weighted by molar-refractivity contribution is 0.0909. The first-order valence-electron chi connectivity index (χ1n) is 9.09. The zero-order chi connectivity index (χ0) is 19.0. The van der Waals surface area contributed by atoms with Crippen LogP contribution in [-0.2, 0) is 11.2 Å². The number of ether oxygens (including phenoxy) is 2. The van der Waals surface area contributed by atoms with Crippen molar-refractivity contribution in [3.05, 3.63) is 65.0 Å². The molecule has 2 aromatic rings. The predicted molar refractivity (Wildman–Crippen MR) is 99.3 cm³/mol. The fourth-order valence-electron chi connectivity index (χ4n) is 3.95. The molecule has 0 spiro atoms. The fourth-order valence-corrected chi connectivity index (χ4v) is 3.95. The third-order valence-electron chi connectivity index (χ3n) is 5.20. The largest absolute Gasteiger partial charge is 0.497 e. The Balaban J connectivity index is 1.79. The summed E-state index contributed by atoms with van der Waals surface area (Å²) in [6.07, 6.45) is 1.26. The molecule has 0 bridgehead atoms. The van der Waals surface area contributed by atoms with Gasteiger partial charge in [-0.25, -0.2) is 9.18 Å². The maximum atomic E-state index is 13.4. The Kier molecular flexibility index (Phi) is 4.56. The van der Waals surface area contributed by atoms with Crippen LogP contribution >= 0.6 is 0 Å². The molecule has 0 saturated carbocycles. The summed E-state index contributed by atoms with van der Waals surface area (Å²) in [5.41, 5.74) is 3.90. The number of nitrogens with zero attached hydrogens (tertiary/aromatic N) is 2. The molecule has 1 heterocycles. The zero-order valence-corrected chi connectivity index (χ0v) is 15.3. The first-order valence-corrected chi connectivity index (χ1v) is 9.09. The van der Waals surface area contributed by atoms with Crippen LogP contribution < -0.4 is 4.74 Å². The average Bonchev–Trinajstić information content (AvgIpc) is 3.08. The van der Waals surface area contributed by atoms with Crippen LogP contribution in [0.25, 0.3) is 0 Å². The van der Waals surface area contributed by atoms with E-state index in [-0.39, 0.29) is 24.4 Å². The van der Waals surface area contributed by atoms with Gasteiger partial charge in [0, 0.05) is 11.5 Å². The second kappa shape index (κ2) is 7.02. The number of aryl methyl sites for hydroxylation is 1. The number of carbonyl (C=O) groups is 1. The molecule has 0 unspecified atom stereocenters. The molecule has 27 heavy (non-hydrogen) atoms. The van der Waals surface area contributed by atoms with Gasteiger partial charge in [-0.15, -0.1) is 0 Å². The van der Waals surface area contributed by atoms with E-state index in [2.05, 4.69) is 5.10 Å². The SMILES string of the molecule is CCOC(=O)N1N=C2c3cc(OC)ccc3CC[C@@H]2[C@H]1c1ccc(F)cc1. The molecule has 2 atom stereocenters. The number of rotatable bonds is 3. The molecule has 0 radical (unpaired) electrons. The van der Waals surface area contributed by atoms with Crippen LogP contribution in [0.15, 0.2) is 47.6 Å². The fraction of sp³-hybridized carbons (Fsp3) is 0.333. The van der Waals surface area contributed by atoms with E-state index in [9.17, 15) is 9.18 Å². The summed E-state index contributed by atoms with van der Waals surface area (Å²) in [7, 11) is 1.63. The topological polar surface area (TPSA) is 51.1 Å². The standard InChI is InChI=1S/C21H21FN2O3/c1-3-27-21(25)24-20(14-4-8-15(22)9-5-14)17-11-7-13-6-10-16(26-2)12-18(13)19(17)23-24/h4-6,8-10,12,17,20H,3,7,11H2,1-2H3/t17-,20+/m0/s1.